The molecule has 176 valence electrons. The molecule has 0 saturated heterocycles. The first-order valence-electron chi connectivity index (χ1n) is 10.7. The van der Waals surface area contributed by atoms with Crippen LogP contribution in [0.5, 0.6) is 0 Å². The molecule has 0 atom stereocenters. The molecular formula is C24H21ClN2O5S2. The van der Waals surface area contributed by atoms with Gasteiger partial charge in [-0.1, -0.05) is 35.9 Å². The van der Waals surface area contributed by atoms with Crippen LogP contribution in [0.25, 0.3) is 11.0 Å². The average molecular weight is 517 g/mol. The smallest absolute Gasteiger partial charge is 0.295 e. The lowest BCUT2D eigenvalue weighted by atomic mass is 9.92. The summed E-state index contributed by atoms with van der Waals surface area (Å²) in [5.74, 6) is 0. The fourth-order valence-corrected chi connectivity index (χ4v) is 6.40. The van der Waals surface area contributed by atoms with Crippen LogP contribution in [0, 0.1) is 0 Å². The van der Waals surface area contributed by atoms with Crippen LogP contribution >= 0.6 is 11.6 Å². The molecule has 0 amide bonds. The molecule has 5 rings (SSSR count). The van der Waals surface area contributed by atoms with Gasteiger partial charge in [0.25, 0.3) is 20.0 Å². The molecule has 0 fully saturated rings. The van der Waals surface area contributed by atoms with Gasteiger partial charge in [-0.3, -0.25) is 9.44 Å². The zero-order chi connectivity index (χ0) is 23.9. The molecule has 1 aromatic heterocycles. The molecule has 7 nitrogen and oxygen atoms in total. The van der Waals surface area contributed by atoms with Gasteiger partial charge in [-0.05, 0) is 73.2 Å². The number of anilines is 2. The molecule has 1 aliphatic rings. The van der Waals surface area contributed by atoms with Gasteiger partial charge in [-0.15, -0.1) is 0 Å². The summed E-state index contributed by atoms with van der Waals surface area (Å²) in [6, 6.07) is 17.6. The number of fused-ring (bicyclic) bond motifs is 2. The van der Waals surface area contributed by atoms with Gasteiger partial charge in [0, 0.05) is 16.5 Å². The highest BCUT2D eigenvalue weighted by atomic mass is 35.5. The molecule has 1 heterocycles. The number of nitrogens with one attached hydrogen (secondary N) is 2. The maximum absolute atomic E-state index is 13.1. The van der Waals surface area contributed by atoms with Crippen LogP contribution in [0.2, 0.25) is 5.02 Å². The van der Waals surface area contributed by atoms with E-state index in [4.69, 9.17) is 16.0 Å². The topological polar surface area (TPSA) is 105 Å². The molecule has 34 heavy (non-hydrogen) atoms. The van der Waals surface area contributed by atoms with E-state index in [1.165, 1.54) is 24.3 Å². The van der Waals surface area contributed by atoms with E-state index in [9.17, 15) is 16.8 Å². The van der Waals surface area contributed by atoms with Crippen LogP contribution in [-0.4, -0.2) is 16.8 Å². The second-order valence-corrected chi connectivity index (χ2v) is 11.9. The highest BCUT2D eigenvalue weighted by molar-refractivity contribution is 7.93. The van der Waals surface area contributed by atoms with E-state index in [0.717, 1.165) is 36.8 Å². The van der Waals surface area contributed by atoms with E-state index in [1.54, 1.807) is 36.4 Å². The SMILES string of the molecule is O=S(=O)(Nc1ccc(Cl)cc1NS(=O)(=O)c1cc2ccccc2o1)c1ccc2c(c1)CCCC2. The second kappa shape index (κ2) is 8.65. The Bertz CT molecular complexity index is 1580. The van der Waals surface area contributed by atoms with Crippen molar-refractivity contribution in [2.75, 3.05) is 9.44 Å². The van der Waals surface area contributed by atoms with Crippen LogP contribution in [0.4, 0.5) is 11.4 Å². The summed E-state index contributed by atoms with van der Waals surface area (Å²) in [5.41, 5.74) is 2.63. The zero-order valence-corrected chi connectivity index (χ0v) is 20.3. The highest BCUT2D eigenvalue weighted by Crippen LogP contribution is 2.32. The van der Waals surface area contributed by atoms with Crippen molar-refractivity contribution in [3.8, 4) is 0 Å². The highest BCUT2D eigenvalue weighted by Gasteiger charge is 2.24. The van der Waals surface area contributed by atoms with Crippen LogP contribution < -0.4 is 9.44 Å². The molecule has 0 spiro atoms. The maximum atomic E-state index is 13.1. The minimum Gasteiger partial charge on any atom is -0.443 e. The van der Waals surface area contributed by atoms with Crippen molar-refractivity contribution in [1.29, 1.82) is 0 Å². The van der Waals surface area contributed by atoms with Gasteiger partial charge < -0.3 is 4.42 Å². The Balaban J connectivity index is 1.47. The van der Waals surface area contributed by atoms with Crippen LogP contribution in [0.15, 0.2) is 81.1 Å². The summed E-state index contributed by atoms with van der Waals surface area (Å²) >= 11 is 6.09. The van der Waals surface area contributed by atoms with Gasteiger partial charge in [-0.25, -0.2) is 8.42 Å². The van der Waals surface area contributed by atoms with Crippen molar-refractivity contribution in [2.45, 2.75) is 35.7 Å². The van der Waals surface area contributed by atoms with Gasteiger partial charge in [0.15, 0.2) is 0 Å². The third kappa shape index (κ3) is 4.51. The lowest BCUT2D eigenvalue weighted by Crippen LogP contribution is -2.18. The van der Waals surface area contributed by atoms with Gasteiger partial charge >= 0.3 is 0 Å². The number of aryl methyl sites for hydroxylation is 2. The number of halogens is 1. The van der Waals surface area contributed by atoms with Crippen molar-refractivity contribution < 1.29 is 21.3 Å². The molecule has 3 aromatic carbocycles. The third-order valence-corrected chi connectivity index (χ3v) is 8.59. The Morgan fingerprint density at radius 3 is 2.26 bits per heavy atom. The standard InChI is InChI=1S/C24H21ClN2O5S2/c25-19-10-12-21(26-33(28,29)20-11-9-16-5-1-2-6-17(16)13-20)22(15-19)27-34(30,31)24-14-18-7-3-4-8-23(18)32-24/h3-4,7-15,26-27H,1-2,5-6H2. The van der Waals surface area contributed by atoms with Crippen LogP contribution in [-0.2, 0) is 32.9 Å². The quantitative estimate of drug-likeness (QED) is 0.348. The average Bonchev–Trinajstić information content (AvgIpc) is 3.26. The van der Waals surface area contributed by atoms with Crippen molar-refractivity contribution in [3.05, 3.63) is 82.9 Å². The number of furan rings is 1. The lowest BCUT2D eigenvalue weighted by Gasteiger charge is -2.18. The molecule has 2 N–H and O–H groups in total. The number of hydrogen-bond donors (Lipinski definition) is 2. The molecule has 0 unspecified atom stereocenters. The number of hydrogen-bond acceptors (Lipinski definition) is 5. The van der Waals surface area contributed by atoms with E-state index in [1.807, 2.05) is 6.07 Å². The Hall–Kier alpha value is -3.01. The largest absolute Gasteiger partial charge is 0.443 e. The maximum Gasteiger partial charge on any atom is 0.295 e. The fraction of sp³-hybridized carbons (Fsp3) is 0.167. The monoisotopic (exact) mass is 516 g/mol. The molecule has 10 heteroatoms. The summed E-state index contributed by atoms with van der Waals surface area (Å²) in [6.45, 7) is 0. The van der Waals surface area contributed by atoms with Crippen molar-refractivity contribution in [1.82, 2.24) is 0 Å². The fourth-order valence-electron chi connectivity index (χ4n) is 4.06. The number of para-hydroxylation sites is 1. The zero-order valence-electron chi connectivity index (χ0n) is 17.9. The first kappa shape index (κ1) is 22.8. The molecular weight excluding hydrogens is 496 g/mol. The molecule has 1 aliphatic carbocycles. The van der Waals surface area contributed by atoms with Crippen LogP contribution in [0.3, 0.4) is 0 Å². The van der Waals surface area contributed by atoms with Gasteiger partial charge in [0.1, 0.15) is 5.58 Å². The third-order valence-electron chi connectivity index (χ3n) is 5.77. The molecule has 0 saturated carbocycles. The van der Waals surface area contributed by atoms with E-state index in [0.29, 0.717) is 11.0 Å². The Labute approximate surface area is 202 Å². The Morgan fingerprint density at radius 2 is 1.47 bits per heavy atom. The summed E-state index contributed by atoms with van der Waals surface area (Å²) in [6.07, 6.45) is 3.89. The van der Waals surface area contributed by atoms with Gasteiger partial charge in [-0.2, -0.15) is 8.42 Å². The van der Waals surface area contributed by atoms with Gasteiger partial charge in [0.2, 0.25) is 5.09 Å². The van der Waals surface area contributed by atoms with Gasteiger partial charge in [0.05, 0.1) is 16.3 Å². The molecule has 0 bridgehead atoms. The van der Waals surface area contributed by atoms with Crippen molar-refractivity contribution in [2.24, 2.45) is 0 Å². The Morgan fingerprint density at radius 1 is 0.735 bits per heavy atom. The van der Waals surface area contributed by atoms with E-state index < -0.39 is 20.0 Å². The first-order chi connectivity index (χ1) is 16.2. The summed E-state index contributed by atoms with van der Waals surface area (Å²) in [5, 5.41) is 0.568. The second-order valence-electron chi connectivity index (χ2n) is 8.14. The first-order valence-corrected chi connectivity index (χ1v) is 14.0. The minimum absolute atomic E-state index is 0.0190. The summed E-state index contributed by atoms with van der Waals surface area (Å²) in [4.78, 5) is 0.120. The predicted molar refractivity (Wildman–Crippen MR) is 132 cm³/mol. The number of benzene rings is 3. The number of rotatable bonds is 6. The predicted octanol–water partition coefficient (Wildman–Crippen LogP) is 5.57. The van der Waals surface area contributed by atoms with E-state index >= 15 is 0 Å². The van der Waals surface area contributed by atoms with Crippen LogP contribution in [0.1, 0.15) is 24.0 Å². The van der Waals surface area contributed by atoms with E-state index in [2.05, 4.69) is 9.44 Å². The van der Waals surface area contributed by atoms with E-state index in [-0.39, 0.29) is 26.4 Å². The lowest BCUT2D eigenvalue weighted by molar-refractivity contribution is 0.484. The van der Waals surface area contributed by atoms with Crippen molar-refractivity contribution in [3.63, 3.8) is 0 Å². The molecule has 4 aromatic rings. The molecule has 0 radical (unpaired) electrons. The molecule has 0 aliphatic heterocycles. The Kier molecular flexibility index (Phi) is 5.79. The summed E-state index contributed by atoms with van der Waals surface area (Å²) < 4.78 is 62.7. The number of sulfonamides is 2. The summed E-state index contributed by atoms with van der Waals surface area (Å²) in [7, 11) is -8.13. The minimum atomic E-state index is -4.16. The van der Waals surface area contributed by atoms with Crippen molar-refractivity contribution >= 4 is 54.0 Å². The normalized spacial score (nSPS) is 14.0.